The molecular formula is C20H30. The van der Waals surface area contributed by atoms with E-state index in [2.05, 4.69) is 62.4 Å². The fourth-order valence-corrected chi connectivity index (χ4v) is 2.15. The van der Waals surface area contributed by atoms with Crippen LogP contribution in [0.3, 0.4) is 0 Å². The molecule has 0 nitrogen and oxygen atoms in total. The molecule has 0 N–H and O–H groups in total. The fourth-order valence-electron chi connectivity index (χ4n) is 2.15. The van der Waals surface area contributed by atoms with Crippen LogP contribution in [0.15, 0.2) is 24.3 Å². The van der Waals surface area contributed by atoms with E-state index in [4.69, 9.17) is 0 Å². The van der Waals surface area contributed by atoms with Gasteiger partial charge in [0.25, 0.3) is 0 Å². The van der Waals surface area contributed by atoms with E-state index in [0.717, 1.165) is 0 Å². The van der Waals surface area contributed by atoms with Gasteiger partial charge >= 0.3 is 0 Å². The van der Waals surface area contributed by atoms with Crippen LogP contribution in [0.4, 0.5) is 0 Å². The minimum Gasteiger partial charge on any atom is -0.0870 e. The molecule has 0 fully saturated rings. The third-order valence-electron chi connectivity index (χ3n) is 2.88. The molecule has 0 spiro atoms. The van der Waals surface area contributed by atoms with Gasteiger partial charge in [-0.15, -0.1) is 0 Å². The predicted octanol–water partition coefficient (Wildman–Crippen LogP) is 5.16. The molecule has 110 valence electrons. The van der Waals surface area contributed by atoms with Crippen LogP contribution < -0.4 is 10.4 Å². The summed E-state index contributed by atoms with van der Waals surface area (Å²) < 4.78 is 0. The normalized spacial score (nSPS) is 12.5. The van der Waals surface area contributed by atoms with Crippen molar-refractivity contribution in [2.75, 3.05) is 0 Å². The molecule has 0 amide bonds. The van der Waals surface area contributed by atoms with Gasteiger partial charge in [-0.25, -0.2) is 0 Å². The number of rotatable bonds is 2. The topological polar surface area (TPSA) is 0 Å². The Labute approximate surface area is 125 Å². The summed E-state index contributed by atoms with van der Waals surface area (Å²) in [7, 11) is 0. The van der Waals surface area contributed by atoms with Gasteiger partial charge in [-0.1, -0.05) is 64.2 Å². The van der Waals surface area contributed by atoms with E-state index in [1.165, 1.54) is 34.4 Å². The second-order valence-electron chi connectivity index (χ2n) is 4.10. The van der Waals surface area contributed by atoms with Crippen molar-refractivity contribution in [3.05, 3.63) is 45.8 Å². The van der Waals surface area contributed by atoms with Crippen molar-refractivity contribution in [1.29, 1.82) is 0 Å². The molecule has 0 bridgehead atoms. The molecule has 0 aromatic heterocycles. The Bertz CT molecular complexity index is 491. The molecule has 0 saturated heterocycles. The quantitative estimate of drug-likeness (QED) is 0.696. The summed E-state index contributed by atoms with van der Waals surface area (Å²) >= 11 is 0. The average molecular weight is 270 g/mol. The number of hydrogen-bond acceptors (Lipinski definition) is 0. The highest BCUT2D eigenvalue weighted by atomic mass is 14.0. The average Bonchev–Trinajstić information content (AvgIpc) is 2.52. The third-order valence-corrected chi connectivity index (χ3v) is 2.88. The summed E-state index contributed by atoms with van der Waals surface area (Å²) in [5, 5.41) is 2.76. The van der Waals surface area contributed by atoms with E-state index in [1.54, 1.807) is 0 Å². The number of fused-ring (bicyclic) bond motifs is 1. The molecule has 0 atom stereocenters. The van der Waals surface area contributed by atoms with E-state index in [0.29, 0.717) is 0 Å². The first kappa shape index (κ1) is 18.4. The molecular weight excluding hydrogens is 240 g/mol. The minimum absolute atomic E-state index is 1.17. The van der Waals surface area contributed by atoms with E-state index >= 15 is 0 Å². The second kappa shape index (κ2) is 11.3. The summed E-state index contributed by atoms with van der Waals surface area (Å²) in [5.74, 6) is 0. The van der Waals surface area contributed by atoms with Crippen molar-refractivity contribution in [3.8, 4) is 0 Å². The first-order valence-electron chi connectivity index (χ1n) is 7.95. The van der Waals surface area contributed by atoms with Crippen molar-refractivity contribution >= 4 is 24.3 Å². The van der Waals surface area contributed by atoms with Crippen molar-refractivity contribution < 1.29 is 0 Å². The van der Waals surface area contributed by atoms with E-state index in [1.807, 2.05) is 27.7 Å². The molecule has 0 unspecified atom stereocenters. The van der Waals surface area contributed by atoms with Gasteiger partial charge < -0.3 is 0 Å². The number of hydrogen-bond donors (Lipinski definition) is 0. The summed E-state index contributed by atoms with van der Waals surface area (Å²) in [6, 6.07) is 4.58. The lowest BCUT2D eigenvalue weighted by molar-refractivity contribution is 1.12. The molecule has 0 saturated carbocycles. The van der Waals surface area contributed by atoms with Crippen molar-refractivity contribution in [2.45, 2.75) is 54.4 Å². The lowest BCUT2D eigenvalue weighted by atomic mass is 9.99. The highest BCUT2D eigenvalue weighted by molar-refractivity contribution is 5.66. The smallest absolute Gasteiger partial charge is 0.0181 e. The van der Waals surface area contributed by atoms with E-state index in [9.17, 15) is 0 Å². The molecule has 0 heterocycles. The van der Waals surface area contributed by atoms with Crippen LogP contribution in [-0.4, -0.2) is 0 Å². The van der Waals surface area contributed by atoms with Crippen molar-refractivity contribution in [2.24, 2.45) is 0 Å². The van der Waals surface area contributed by atoms with Gasteiger partial charge in [0.15, 0.2) is 0 Å². The Morgan fingerprint density at radius 3 is 1.35 bits per heavy atom. The van der Waals surface area contributed by atoms with Crippen LogP contribution in [0.5, 0.6) is 0 Å². The first-order chi connectivity index (χ1) is 9.85. The van der Waals surface area contributed by atoms with Crippen LogP contribution in [-0.2, 0) is 0 Å². The van der Waals surface area contributed by atoms with Crippen LogP contribution in [0.25, 0.3) is 24.3 Å². The molecule has 2 rings (SSSR count). The maximum Gasteiger partial charge on any atom is -0.0181 e. The molecule has 1 aromatic carbocycles. The molecule has 0 radical (unpaired) electrons. The Balaban J connectivity index is 0.000000829. The molecule has 1 aliphatic rings. The SMILES string of the molecule is C/C=C\c1cc2c(cc1/C=C\C)=CCCC=2.CC.CC. The lowest BCUT2D eigenvalue weighted by Crippen LogP contribution is -2.27. The van der Waals surface area contributed by atoms with Crippen molar-refractivity contribution in [3.63, 3.8) is 0 Å². The van der Waals surface area contributed by atoms with Crippen LogP contribution in [0.1, 0.15) is 65.5 Å². The third kappa shape index (κ3) is 5.21. The number of allylic oxidation sites excluding steroid dienone is 2. The Kier molecular flexibility index (Phi) is 10.4. The van der Waals surface area contributed by atoms with Gasteiger partial charge in [0, 0.05) is 0 Å². The van der Waals surface area contributed by atoms with Gasteiger partial charge in [0.1, 0.15) is 0 Å². The molecule has 20 heavy (non-hydrogen) atoms. The summed E-state index contributed by atoms with van der Waals surface area (Å²) in [6.45, 7) is 12.1. The van der Waals surface area contributed by atoms with Crippen LogP contribution in [0.2, 0.25) is 0 Å². The van der Waals surface area contributed by atoms with E-state index in [-0.39, 0.29) is 0 Å². The maximum atomic E-state index is 2.34. The van der Waals surface area contributed by atoms with Gasteiger partial charge in [-0.3, -0.25) is 0 Å². The van der Waals surface area contributed by atoms with Crippen molar-refractivity contribution in [1.82, 2.24) is 0 Å². The summed E-state index contributed by atoms with van der Waals surface area (Å²) in [6.07, 6.45) is 15.6. The van der Waals surface area contributed by atoms with Gasteiger partial charge in [-0.05, 0) is 60.4 Å². The zero-order chi connectivity index (χ0) is 15.4. The first-order valence-corrected chi connectivity index (χ1v) is 7.95. The monoisotopic (exact) mass is 270 g/mol. The predicted molar refractivity (Wildman–Crippen MR) is 96.0 cm³/mol. The fraction of sp³-hybridized carbons (Fsp3) is 0.400. The Morgan fingerprint density at radius 2 is 1.05 bits per heavy atom. The van der Waals surface area contributed by atoms with Crippen LogP contribution in [0, 0.1) is 0 Å². The molecule has 0 heteroatoms. The lowest BCUT2D eigenvalue weighted by Gasteiger charge is -2.05. The Hall–Kier alpha value is -1.56. The largest absolute Gasteiger partial charge is 0.0870 e. The highest BCUT2D eigenvalue weighted by Gasteiger charge is 1.99. The Morgan fingerprint density at radius 1 is 0.700 bits per heavy atom. The second-order valence-corrected chi connectivity index (χ2v) is 4.10. The van der Waals surface area contributed by atoms with Gasteiger partial charge in [0.05, 0.1) is 0 Å². The molecule has 1 aliphatic carbocycles. The molecule has 1 aromatic rings. The van der Waals surface area contributed by atoms with Gasteiger partial charge in [0.2, 0.25) is 0 Å². The maximum absolute atomic E-state index is 2.34. The van der Waals surface area contributed by atoms with Crippen LogP contribution >= 0.6 is 0 Å². The zero-order valence-electron chi connectivity index (χ0n) is 14.0. The van der Waals surface area contributed by atoms with E-state index < -0.39 is 0 Å². The van der Waals surface area contributed by atoms with Gasteiger partial charge in [-0.2, -0.15) is 0 Å². The summed E-state index contributed by atoms with van der Waals surface area (Å²) in [5.41, 5.74) is 2.62. The zero-order valence-corrected chi connectivity index (χ0v) is 14.0. The highest BCUT2D eigenvalue weighted by Crippen LogP contribution is 2.10. The standard InChI is InChI=1S/C16H18.2C2H6/c1-3-7-13-11-15-9-5-6-10-16(15)12-14(13)8-4-2;2*1-2/h3-4,7-12H,5-6H2,1-2H3;2*1-2H3/b7-3-,8-4-;;. The summed E-state index contributed by atoms with van der Waals surface area (Å²) in [4.78, 5) is 0. The minimum atomic E-state index is 1.17. The molecule has 0 aliphatic heterocycles. The number of benzene rings is 1.